The molecular weight excluding hydrogens is 173 g/mol. The fraction of sp³-hybridized carbons (Fsp3) is 1.00. The van der Waals surface area contributed by atoms with E-state index in [0.29, 0.717) is 0 Å². The molecule has 3 N–H and O–H groups in total. The van der Waals surface area contributed by atoms with E-state index < -0.39 is 7.59 Å². The fourth-order valence-corrected chi connectivity index (χ4v) is 2.41. The monoisotopic (exact) mass is 193 g/mol. The zero-order valence-corrected chi connectivity index (χ0v) is 9.43. The van der Waals surface area contributed by atoms with Crippen LogP contribution in [0.25, 0.3) is 0 Å². The molecule has 0 saturated carbocycles. The average Bonchev–Trinajstić information content (AvgIpc) is 1.82. The lowest BCUT2D eigenvalue weighted by atomic mass is 10.4. The minimum Gasteiger partial charge on any atom is -0.271 e. The molecule has 0 radical (unpaired) electrons. The van der Waals surface area contributed by atoms with Crippen molar-refractivity contribution in [2.45, 2.75) is 39.8 Å². The second-order valence-corrected chi connectivity index (χ2v) is 5.71. The van der Waals surface area contributed by atoms with E-state index >= 15 is 0 Å². The van der Waals surface area contributed by atoms with Gasteiger partial charge in [0.2, 0.25) is 0 Å². The summed E-state index contributed by atoms with van der Waals surface area (Å²) in [6.07, 6.45) is 0. The van der Waals surface area contributed by atoms with Crippen LogP contribution in [-0.2, 0) is 4.57 Å². The normalized spacial score (nSPS) is 17.4. The summed E-state index contributed by atoms with van der Waals surface area (Å²) in [5.74, 6) is 0. The van der Waals surface area contributed by atoms with Crippen LogP contribution in [0.1, 0.15) is 27.7 Å². The average molecular weight is 193 g/mol. The minimum absolute atomic E-state index is 0.141. The highest BCUT2D eigenvalue weighted by molar-refractivity contribution is 7.56. The Labute approximate surface area is 75.0 Å². The van der Waals surface area contributed by atoms with Crippen LogP contribution in [0, 0.1) is 0 Å². The molecule has 0 saturated heterocycles. The molecule has 0 aromatic carbocycles. The molecular formula is C7H20N3OP. The molecule has 5 heteroatoms. The van der Waals surface area contributed by atoms with Crippen molar-refractivity contribution in [3.63, 3.8) is 0 Å². The molecule has 1 atom stereocenters. The molecule has 0 fully saturated rings. The van der Waals surface area contributed by atoms with Gasteiger partial charge >= 0.3 is 0 Å². The highest BCUT2D eigenvalue weighted by Crippen LogP contribution is 2.36. The van der Waals surface area contributed by atoms with E-state index in [-0.39, 0.29) is 12.1 Å². The molecule has 0 rings (SSSR count). The van der Waals surface area contributed by atoms with Gasteiger partial charge in [-0.05, 0) is 34.7 Å². The molecule has 74 valence electrons. The van der Waals surface area contributed by atoms with Gasteiger partial charge in [-0.15, -0.1) is 0 Å². The second-order valence-electron chi connectivity index (χ2n) is 3.57. The van der Waals surface area contributed by atoms with Crippen molar-refractivity contribution in [2.24, 2.45) is 5.50 Å². The SMILES string of the molecule is CC(C)NP(N)(=O)N(C)C(C)C. The zero-order valence-electron chi connectivity index (χ0n) is 8.53. The predicted octanol–water partition coefficient (Wildman–Crippen LogP) is 1.39. The van der Waals surface area contributed by atoms with E-state index in [1.165, 1.54) is 0 Å². The Bertz CT molecular complexity index is 181. The Morgan fingerprint density at radius 1 is 1.33 bits per heavy atom. The first-order chi connectivity index (χ1) is 5.27. The zero-order chi connectivity index (χ0) is 9.94. The third-order valence-corrected chi connectivity index (χ3v) is 3.94. The molecule has 0 bridgehead atoms. The van der Waals surface area contributed by atoms with Gasteiger partial charge in [0.05, 0.1) is 0 Å². The Morgan fingerprint density at radius 2 is 1.75 bits per heavy atom. The Hall–Kier alpha value is 0.110. The number of hydrogen-bond acceptors (Lipinski definition) is 1. The van der Waals surface area contributed by atoms with E-state index in [1.54, 1.807) is 11.7 Å². The lowest BCUT2D eigenvalue weighted by Gasteiger charge is -2.29. The predicted molar refractivity (Wildman–Crippen MR) is 53.0 cm³/mol. The van der Waals surface area contributed by atoms with E-state index in [9.17, 15) is 4.57 Å². The smallest absolute Gasteiger partial charge is 0.271 e. The molecule has 4 nitrogen and oxygen atoms in total. The van der Waals surface area contributed by atoms with Gasteiger partial charge in [0.25, 0.3) is 7.59 Å². The van der Waals surface area contributed by atoms with Crippen LogP contribution in [0.2, 0.25) is 0 Å². The Morgan fingerprint density at radius 3 is 2.00 bits per heavy atom. The highest BCUT2D eigenvalue weighted by atomic mass is 31.2. The van der Waals surface area contributed by atoms with E-state index in [4.69, 9.17) is 5.50 Å². The number of nitrogens with zero attached hydrogens (tertiary/aromatic N) is 1. The topological polar surface area (TPSA) is 58.4 Å². The van der Waals surface area contributed by atoms with E-state index in [2.05, 4.69) is 5.09 Å². The number of hydrogen-bond donors (Lipinski definition) is 2. The summed E-state index contributed by atoms with van der Waals surface area (Å²) in [4.78, 5) is 0. The van der Waals surface area contributed by atoms with Crippen molar-refractivity contribution < 1.29 is 4.57 Å². The maximum atomic E-state index is 11.8. The number of rotatable bonds is 4. The third kappa shape index (κ3) is 3.68. The molecule has 0 aromatic heterocycles. The number of nitrogens with two attached hydrogens (primary N) is 1. The van der Waals surface area contributed by atoms with Crippen molar-refractivity contribution in [2.75, 3.05) is 7.05 Å². The van der Waals surface area contributed by atoms with Gasteiger partial charge in [-0.25, -0.2) is 9.76 Å². The minimum atomic E-state index is -2.81. The van der Waals surface area contributed by atoms with Crippen LogP contribution < -0.4 is 10.6 Å². The lowest BCUT2D eigenvalue weighted by molar-refractivity contribution is 0.396. The van der Waals surface area contributed by atoms with Crippen LogP contribution in [0.15, 0.2) is 0 Å². The van der Waals surface area contributed by atoms with Gasteiger partial charge in [-0.2, -0.15) is 0 Å². The van der Waals surface area contributed by atoms with Gasteiger partial charge in [0.15, 0.2) is 0 Å². The van der Waals surface area contributed by atoms with Crippen LogP contribution in [0.4, 0.5) is 0 Å². The standard InChI is InChI=1S/C7H20N3OP/c1-6(2)9-12(8,11)10(5)7(3)4/h6-7H,1-5H3,(H3,8,9,11). The van der Waals surface area contributed by atoms with Crippen molar-refractivity contribution in [1.29, 1.82) is 0 Å². The summed E-state index contributed by atoms with van der Waals surface area (Å²) in [6.45, 7) is 7.77. The van der Waals surface area contributed by atoms with Crippen LogP contribution in [-0.4, -0.2) is 23.8 Å². The molecule has 0 aliphatic heterocycles. The first-order valence-corrected chi connectivity index (χ1v) is 5.90. The molecule has 0 heterocycles. The molecule has 0 aromatic rings. The fourth-order valence-electron chi connectivity index (χ4n) is 0.804. The second kappa shape index (κ2) is 4.38. The van der Waals surface area contributed by atoms with E-state index in [0.717, 1.165) is 0 Å². The van der Waals surface area contributed by atoms with Crippen LogP contribution in [0.5, 0.6) is 0 Å². The van der Waals surface area contributed by atoms with Gasteiger partial charge in [-0.1, -0.05) is 0 Å². The Kier molecular flexibility index (Phi) is 4.42. The van der Waals surface area contributed by atoms with Gasteiger partial charge in [0.1, 0.15) is 0 Å². The molecule has 12 heavy (non-hydrogen) atoms. The summed E-state index contributed by atoms with van der Waals surface area (Å²) in [6, 6.07) is 0.328. The van der Waals surface area contributed by atoms with Crippen LogP contribution in [0.3, 0.4) is 0 Å². The summed E-state index contributed by atoms with van der Waals surface area (Å²) in [7, 11) is -1.05. The molecule has 1 unspecified atom stereocenters. The van der Waals surface area contributed by atoms with Crippen LogP contribution >= 0.6 is 7.59 Å². The van der Waals surface area contributed by atoms with Crippen molar-refractivity contribution in [1.82, 2.24) is 9.76 Å². The summed E-state index contributed by atoms with van der Waals surface area (Å²) in [5.41, 5.74) is 5.63. The first-order valence-electron chi connectivity index (χ1n) is 4.17. The van der Waals surface area contributed by atoms with Gasteiger partial charge in [-0.3, -0.25) is 10.1 Å². The maximum absolute atomic E-state index is 11.8. The molecule has 0 spiro atoms. The maximum Gasteiger partial charge on any atom is 0.279 e. The quantitative estimate of drug-likeness (QED) is 0.662. The molecule has 0 aliphatic rings. The van der Waals surface area contributed by atoms with Crippen molar-refractivity contribution in [3.8, 4) is 0 Å². The Balaban J connectivity index is 4.29. The van der Waals surface area contributed by atoms with Gasteiger partial charge < -0.3 is 0 Å². The molecule has 0 amide bonds. The summed E-state index contributed by atoms with van der Waals surface area (Å²) in [5, 5.41) is 2.86. The van der Waals surface area contributed by atoms with Crippen molar-refractivity contribution >= 4 is 7.59 Å². The molecule has 0 aliphatic carbocycles. The summed E-state index contributed by atoms with van der Waals surface area (Å²) >= 11 is 0. The summed E-state index contributed by atoms with van der Waals surface area (Å²) < 4.78 is 13.4. The van der Waals surface area contributed by atoms with E-state index in [1.807, 2.05) is 27.7 Å². The number of nitrogens with one attached hydrogen (secondary N) is 1. The largest absolute Gasteiger partial charge is 0.279 e. The third-order valence-electron chi connectivity index (χ3n) is 1.66. The van der Waals surface area contributed by atoms with Crippen molar-refractivity contribution in [3.05, 3.63) is 0 Å². The highest BCUT2D eigenvalue weighted by Gasteiger charge is 2.24. The first kappa shape index (κ1) is 12.1. The van der Waals surface area contributed by atoms with Gasteiger partial charge in [0, 0.05) is 12.1 Å². The lowest BCUT2D eigenvalue weighted by Crippen LogP contribution is -2.36.